The van der Waals surface area contributed by atoms with Crippen molar-refractivity contribution in [2.75, 3.05) is 53.3 Å². The number of fused-ring (bicyclic) bond motifs is 18. The zero-order valence-electron chi connectivity index (χ0n) is 75.9. The van der Waals surface area contributed by atoms with E-state index in [2.05, 4.69) is 282 Å². The fourth-order valence-electron chi connectivity index (χ4n) is 18.5. The van der Waals surface area contributed by atoms with Crippen LogP contribution in [0.1, 0.15) is 118 Å². The lowest BCUT2D eigenvalue weighted by Crippen LogP contribution is -2.42. The van der Waals surface area contributed by atoms with Crippen LogP contribution in [0.5, 0.6) is 0 Å². The summed E-state index contributed by atoms with van der Waals surface area (Å²) in [7, 11) is 4.12. The zero-order chi connectivity index (χ0) is 88.8. The summed E-state index contributed by atoms with van der Waals surface area (Å²) in [5.74, 6) is 4.61. The number of aryl methyl sites for hydroxylation is 7. The third-order valence-electron chi connectivity index (χ3n) is 24.8. The van der Waals surface area contributed by atoms with Gasteiger partial charge in [0.05, 0.1) is 31.2 Å². The second kappa shape index (κ2) is 31.5. The normalized spacial score (nSPS) is 17.6. The molecule has 0 saturated carbocycles. The molecule has 0 amide bonds. The van der Waals surface area contributed by atoms with E-state index in [4.69, 9.17) is 24.8 Å². The van der Waals surface area contributed by atoms with Crippen LogP contribution in [-0.2, 0) is 0 Å². The van der Waals surface area contributed by atoms with E-state index in [9.17, 15) is 0 Å². The number of aromatic nitrogens is 11. The van der Waals surface area contributed by atoms with Crippen molar-refractivity contribution in [3.8, 4) is 0 Å². The molecule has 26 nitrogen and oxygen atoms in total. The van der Waals surface area contributed by atoms with E-state index in [1.165, 1.54) is 11.1 Å². The average molecular weight is 1670 g/mol. The molecule has 23 rings (SSSR count). The molecule has 125 heavy (non-hydrogen) atoms. The highest BCUT2D eigenvalue weighted by atomic mass is 16.4. The maximum Gasteiger partial charge on any atom is 0.227 e. The lowest BCUT2D eigenvalue weighted by atomic mass is 10.1. The van der Waals surface area contributed by atoms with Crippen LogP contribution in [-0.4, -0.2) is 128 Å². The molecule has 632 valence electrons. The van der Waals surface area contributed by atoms with E-state index in [1.54, 1.807) is 55.8 Å². The molecule has 26 heteroatoms. The van der Waals surface area contributed by atoms with Gasteiger partial charge in [0, 0.05) is 178 Å². The molecule has 0 fully saturated rings. The summed E-state index contributed by atoms with van der Waals surface area (Å²) in [6.45, 7) is 37.0. The SMILES string of the molecule is Cc1ccc2c(n1)oc1c(N3C=CN(C(C)C)C3C)c(C)ccc12.Cc1ccc2c(n1)oc1c(N3C=CN(C)C3C)c(C)ccc12.Cc1ccc2c(oc3ncccc32)c1N1c2nccnc2N(C)C1C.[2H]C(C)(C)N1c2nccnc2N(c2c(C)ccc3c2oc2ncccc23)C1C.[2H]C(C)(C)N1c2nccnc2N(c2c(C)ccc3c2oc2ncccc23)C1C. The van der Waals surface area contributed by atoms with Crippen LogP contribution in [0, 0.1) is 48.5 Å². The number of rotatable bonds is 8. The fourth-order valence-corrected chi connectivity index (χ4v) is 18.5. The second-order valence-electron chi connectivity index (χ2n) is 33.5. The molecule has 0 bridgehead atoms. The molecular weight excluding hydrogens is 1560 g/mol. The summed E-state index contributed by atoms with van der Waals surface area (Å²) >= 11 is 0. The van der Waals surface area contributed by atoms with Gasteiger partial charge in [-0.1, -0.05) is 60.7 Å². The molecular formula is C99H101N21O5. The molecule has 5 aliphatic rings. The first-order valence-corrected chi connectivity index (χ1v) is 42.4. The quantitative estimate of drug-likeness (QED) is 0.137. The lowest BCUT2D eigenvalue weighted by Gasteiger charge is -2.33. The van der Waals surface area contributed by atoms with Gasteiger partial charge in [-0.2, -0.15) is 0 Å². The summed E-state index contributed by atoms with van der Waals surface area (Å²) < 4.78 is 48.2. The third kappa shape index (κ3) is 13.3. The third-order valence-corrected chi connectivity index (χ3v) is 24.8. The summed E-state index contributed by atoms with van der Waals surface area (Å²) in [6.07, 6.45) is 24.3. The number of hydrogen-bond acceptors (Lipinski definition) is 26. The topological polar surface area (TPSA) is 240 Å². The molecule has 0 aliphatic carbocycles. The van der Waals surface area contributed by atoms with Crippen molar-refractivity contribution < 1.29 is 24.8 Å². The van der Waals surface area contributed by atoms with Crippen molar-refractivity contribution in [3.05, 3.63) is 241 Å². The Bertz CT molecular complexity index is 7240. The summed E-state index contributed by atoms with van der Waals surface area (Å²) in [5, 5.41) is 10.5. The molecule has 0 spiro atoms. The van der Waals surface area contributed by atoms with Crippen molar-refractivity contribution >= 4 is 174 Å². The average Bonchev–Trinajstić information content (AvgIpc) is 1.58. The Balaban J connectivity index is 0.000000104. The maximum atomic E-state index is 8.65. The van der Waals surface area contributed by atoms with Gasteiger partial charge in [0.2, 0.25) is 28.6 Å². The Kier molecular flexibility index (Phi) is 19.6. The molecule has 0 N–H and O–H groups in total. The van der Waals surface area contributed by atoms with Crippen LogP contribution in [0.2, 0.25) is 0 Å². The second-order valence-corrected chi connectivity index (χ2v) is 33.5. The van der Waals surface area contributed by atoms with Crippen LogP contribution in [0.4, 0.5) is 63.3 Å². The molecule has 5 aromatic carbocycles. The highest BCUT2D eigenvalue weighted by Gasteiger charge is 2.43. The van der Waals surface area contributed by atoms with Gasteiger partial charge in [0.15, 0.2) is 62.8 Å². The number of nitrogens with zero attached hydrogens (tertiary/aromatic N) is 21. The van der Waals surface area contributed by atoms with Gasteiger partial charge in [0.25, 0.3) is 0 Å². The van der Waals surface area contributed by atoms with Gasteiger partial charge in [-0.15, -0.1) is 0 Å². The Labute approximate surface area is 727 Å². The summed E-state index contributed by atoms with van der Waals surface area (Å²) in [6, 6.07) is 40.0. The van der Waals surface area contributed by atoms with E-state index in [0.717, 1.165) is 162 Å². The van der Waals surface area contributed by atoms with Gasteiger partial charge >= 0.3 is 0 Å². The molecule has 0 radical (unpaired) electrons. The zero-order valence-corrected chi connectivity index (χ0v) is 73.9. The van der Waals surface area contributed by atoms with E-state index in [-0.39, 0.29) is 30.8 Å². The Morgan fingerprint density at radius 2 is 0.600 bits per heavy atom. The van der Waals surface area contributed by atoms with Crippen molar-refractivity contribution in [2.24, 2.45) is 0 Å². The van der Waals surface area contributed by atoms with Crippen LogP contribution in [0.25, 0.3) is 110 Å². The van der Waals surface area contributed by atoms with E-state index in [0.29, 0.717) is 46.2 Å². The lowest BCUT2D eigenvalue weighted by molar-refractivity contribution is 0.263. The number of benzene rings is 5. The summed E-state index contributed by atoms with van der Waals surface area (Å²) in [5.41, 5.74) is 20.4. The van der Waals surface area contributed by atoms with E-state index >= 15 is 0 Å². The smallest absolute Gasteiger partial charge is 0.227 e. The van der Waals surface area contributed by atoms with Gasteiger partial charge < -0.3 is 56.4 Å². The first-order valence-electron chi connectivity index (χ1n) is 43.4. The first kappa shape index (κ1) is 77.9. The number of pyridine rings is 5. The minimum Gasteiger partial charge on any atom is -0.435 e. The molecule has 5 atom stereocenters. The Morgan fingerprint density at radius 1 is 0.296 bits per heavy atom. The molecule has 18 heterocycles. The number of anilines is 11. The molecule has 0 saturated heterocycles. The predicted molar refractivity (Wildman–Crippen MR) is 502 cm³/mol. The van der Waals surface area contributed by atoms with E-state index < -0.39 is 12.0 Å². The van der Waals surface area contributed by atoms with Gasteiger partial charge in [0.1, 0.15) is 30.8 Å². The van der Waals surface area contributed by atoms with Crippen LogP contribution < -0.4 is 39.2 Å². The highest BCUT2D eigenvalue weighted by Crippen LogP contribution is 2.52. The first-order chi connectivity index (χ1) is 60.9. The number of furan rings is 5. The molecule has 13 aromatic heterocycles. The van der Waals surface area contributed by atoms with Crippen molar-refractivity contribution in [3.63, 3.8) is 0 Å². The van der Waals surface area contributed by atoms with Crippen LogP contribution in [0.3, 0.4) is 0 Å². The number of hydrogen-bond donors (Lipinski definition) is 0. The minimum atomic E-state index is -0.851. The molecule has 5 unspecified atom stereocenters. The summed E-state index contributed by atoms with van der Waals surface area (Å²) in [4.78, 5) is 71.2. The largest absolute Gasteiger partial charge is 0.435 e. The van der Waals surface area contributed by atoms with Crippen molar-refractivity contribution in [1.82, 2.24) is 64.6 Å². The molecule has 18 aromatic rings. The van der Waals surface area contributed by atoms with Gasteiger partial charge in [-0.25, -0.2) is 54.8 Å². The predicted octanol–water partition coefficient (Wildman–Crippen LogP) is 22.7. The van der Waals surface area contributed by atoms with Crippen LogP contribution >= 0.6 is 0 Å². The monoisotopic (exact) mass is 1670 g/mol. The van der Waals surface area contributed by atoms with Gasteiger partial charge in [-0.3, -0.25) is 14.7 Å². The van der Waals surface area contributed by atoms with Gasteiger partial charge in [-0.05, 0) is 213 Å². The van der Waals surface area contributed by atoms with Crippen LogP contribution in [0.15, 0.2) is 224 Å². The van der Waals surface area contributed by atoms with E-state index in [1.807, 2.05) is 107 Å². The Morgan fingerprint density at radius 3 is 0.952 bits per heavy atom. The van der Waals surface area contributed by atoms with Crippen molar-refractivity contribution in [2.45, 2.75) is 174 Å². The fraction of sp³-hybridized carbons (Fsp3) is 0.283. The standard InChI is InChI=1S/2C21H21N5O.C20H23N3O.C19H17N5O.C18H19N3O/c2*1-12(2)25-14(4)26(20-19(25)22-10-11-23-20)17-13(3)7-8-15-16-6-5-9-24-21(16)27-18(15)17;1-12(2)22-10-11-23(15(22)5)18-13(3)6-8-16-17-9-7-14(4)21-20(17)24-19(16)18;1-11-6-7-13-14-5-4-8-22-19(14)25-16(13)15(11)24-12(2)23(3)17-18(24)21-10-9-20-17;1-11-5-7-14-15-8-6-12(2)19-18(15)22-17(14)16(11)21-10-9-20(4)13(21)3/h2*5-12,14H,1-4H3;6-12,15H,1-5H3;4-10,12H,1-3H3;5-10,13H,1-4H3/i2*12D;;;. The highest BCUT2D eigenvalue weighted by molar-refractivity contribution is 6.14. The Hall–Kier alpha value is -14.4. The molecule has 5 aliphatic heterocycles. The van der Waals surface area contributed by atoms with Crippen molar-refractivity contribution in [1.29, 1.82) is 0 Å². The minimum absolute atomic E-state index is 0.0860. The maximum absolute atomic E-state index is 8.65.